The molecule has 0 saturated carbocycles. The highest BCUT2D eigenvalue weighted by molar-refractivity contribution is 7.87. The van der Waals surface area contributed by atoms with Crippen molar-refractivity contribution < 1.29 is 8.42 Å². The third-order valence-corrected chi connectivity index (χ3v) is 3.47. The Hall–Kier alpha value is -0.170. The van der Waals surface area contributed by atoms with Gasteiger partial charge < -0.3 is 5.73 Å². The Morgan fingerprint density at radius 1 is 1.31 bits per heavy atom. The molecule has 6 heteroatoms. The maximum Gasteiger partial charge on any atom is 0.277 e. The summed E-state index contributed by atoms with van der Waals surface area (Å²) in [6.45, 7) is 8.58. The summed E-state index contributed by atoms with van der Waals surface area (Å²) < 4.78 is 28.1. The number of hydrogen-bond donors (Lipinski definition) is 3. The van der Waals surface area contributed by atoms with Crippen LogP contribution in [0.1, 0.15) is 40.5 Å². The van der Waals surface area contributed by atoms with Crippen LogP contribution in [0.4, 0.5) is 0 Å². The Morgan fingerprint density at radius 3 is 2.31 bits per heavy atom. The maximum atomic E-state index is 11.5. The molecule has 4 N–H and O–H groups in total. The van der Waals surface area contributed by atoms with Crippen molar-refractivity contribution in [3.05, 3.63) is 0 Å². The molecule has 0 bridgehead atoms. The van der Waals surface area contributed by atoms with Gasteiger partial charge in [0.25, 0.3) is 10.2 Å². The molecule has 0 aromatic heterocycles. The van der Waals surface area contributed by atoms with Crippen LogP contribution in [-0.4, -0.2) is 27.0 Å². The van der Waals surface area contributed by atoms with Gasteiger partial charge in [-0.1, -0.05) is 6.92 Å². The Morgan fingerprint density at radius 2 is 1.88 bits per heavy atom. The number of hydrogen-bond acceptors (Lipinski definition) is 3. The van der Waals surface area contributed by atoms with Crippen LogP contribution in [0.5, 0.6) is 0 Å². The highest BCUT2D eigenvalue weighted by Gasteiger charge is 2.18. The van der Waals surface area contributed by atoms with Gasteiger partial charge in [-0.2, -0.15) is 13.1 Å². The normalized spacial score (nSPS) is 15.1. The number of nitrogens with two attached hydrogens (primary N) is 1. The van der Waals surface area contributed by atoms with Crippen molar-refractivity contribution in [2.45, 2.75) is 46.1 Å². The van der Waals surface area contributed by atoms with Gasteiger partial charge in [0.15, 0.2) is 0 Å². The number of nitrogens with one attached hydrogen (secondary N) is 2. The molecule has 0 amide bonds. The topological polar surface area (TPSA) is 84.2 Å². The Bertz CT molecular complexity index is 283. The zero-order valence-electron chi connectivity index (χ0n) is 10.7. The van der Waals surface area contributed by atoms with Crippen LogP contribution >= 0.6 is 0 Å². The Labute approximate surface area is 99.4 Å². The SMILES string of the molecule is CC(CN)CCCNS(=O)(=O)NC(C)(C)C. The summed E-state index contributed by atoms with van der Waals surface area (Å²) >= 11 is 0. The first-order chi connectivity index (χ1) is 7.16. The minimum atomic E-state index is -3.38. The van der Waals surface area contributed by atoms with Crippen molar-refractivity contribution in [1.82, 2.24) is 9.44 Å². The van der Waals surface area contributed by atoms with Gasteiger partial charge in [-0.05, 0) is 46.1 Å². The Balaban J connectivity index is 3.84. The molecule has 0 aromatic rings. The van der Waals surface area contributed by atoms with Crippen LogP contribution < -0.4 is 15.2 Å². The van der Waals surface area contributed by atoms with Crippen LogP contribution in [0, 0.1) is 5.92 Å². The molecule has 0 saturated heterocycles. The minimum absolute atomic E-state index is 0.445. The molecule has 0 aromatic carbocycles. The van der Waals surface area contributed by atoms with Crippen molar-refractivity contribution in [2.24, 2.45) is 11.7 Å². The molecule has 0 fully saturated rings. The highest BCUT2D eigenvalue weighted by atomic mass is 32.2. The van der Waals surface area contributed by atoms with Gasteiger partial charge in [0.2, 0.25) is 0 Å². The van der Waals surface area contributed by atoms with E-state index in [1.807, 2.05) is 20.8 Å². The summed E-state index contributed by atoms with van der Waals surface area (Å²) in [6.07, 6.45) is 1.75. The number of rotatable bonds is 7. The first-order valence-electron chi connectivity index (χ1n) is 5.65. The molecule has 0 radical (unpaired) electrons. The van der Waals surface area contributed by atoms with Crippen LogP contribution in [-0.2, 0) is 10.2 Å². The molecule has 98 valence electrons. The monoisotopic (exact) mass is 251 g/mol. The maximum absolute atomic E-state index is 11.5. The van der Waals surface area contributed by atoms with E-state index in [9.17, 15) is 8.42 Å². The van der Waals surface area contributed by atoms with E-state index in [0.29, 0.717) is 19.0 Å². The van der Waals surface area contributed by atoms with Crippen LogP contribution in [0.15, 0.2) is 0 Å². The third kappa shape index (κ3) is 9.08. The van der Waals surface area contributed by atoms with Gasteiger partial charge in [0, 0.05) is 12.1 Å². The lowest BCUT2D eigenvalue weighted by molar-refractivity contribution is 0.477. The fraction of sp³-hybridized carbons (Fsp3) is 1.00. The van der Waals surface area contributed by atoms with E-state index < -0.39 is 15.7 Å². The van der Waals surface area contributed by atoms with E-state index in [2.05, 4.69) is 16.4 Å². The molecule has 16 heavy (non-hydrogen) atoms. The Kier molecular flexibility index (Phi) is 6.47. The first-order valence-corrected chi connectivity index (χ1v) is 7.13. The second kappa shape index (κ2) is 6.54. The molecule has 0 aliphatic heterocycles. The molecule has 1 unspecified atom stereocenters. The predicted octanol–water partition coefficient (Wildman–Crippen LogP) is 0.584. The van der Waals surface area contributed by atoms with Gasteiger partial charge >= 0.3 is 0 Å². The summed E-state index contributed by atoms with van der Waals surface area (Å²) in [5.41, 5.74) is 5.02. The quantitative estimate of drug-likeness (QED) is 0.579. The standard InChI is InChI=1S/C10H25N3O2S/c1-9(8-11)6-5-7-12-16(14,15)13-10(2,3)4/h9,12-13H,5-8,11H2,1-4H3. The highest BCUT2D eigenvalue weighted by Crippen LogP contribution is 2.03. The smallest absolute Gasteiger partial charge is 0.277 e. The van der Waals surface area contributed by atoms with Crippen molar-refractivity contribution in [1.29, 1.82) is 0 Å². The zero-order chi connectivity index (χ0) is 12.8. The first kappa shape index (κ1) is 15.8. The predicted molar refractivity (Wildman–Crippen MR) is 67.3 cm³/mol. The summed E-state index contributed by atoms with van der Waals surface area (Å²) in [5, 5.41) is 0. The van der Waals surface area contributed by atoms with E-state index in [-0.39, 0.29) is 0 Å². The van der Waals surface area contributed by atoms with Crippen molar-refractivity contribution in [2.75, 3.05) is 13.1 Å². The minimum Gasteiger partial charge on any atom is -0.330 e. The molecule has 0 spiro atoms. The lowest BCUT2D eigenvalue weighted by Gasteiger charge is -2.20. The lowest BCUT2D eigenvalue weighted by Crippen LogP contribution is -2.47. The average Bonchev–Trinajstić information content (AvgIpc) is 2.08. The summed E-state index contributed by atoms with van der Waals surface area (Å²) in [7, 11) is -3.38. The third-order valence-electron chi connectivity index (χ3n) is 2.01. The second-order valence-electron chi connectivity index (χ2n) is 5.23. The van der Waals surface area contributed by atoms with E-state index in [0.717, 1.165) is 12.8 Å². The van der Waals surface area contributed by atoms with Crippen molar-refractivity contribution in [3.63, 3.8) is 0 Å². The summed E-state index contributed by atoms with van der Waals surface area (Å²) in [6, 6.07) is 0. The fourth-order valence-electron chi connectivity index (χ4n) is 1.21. The summed E-state index contributed by atoms with van der Waals surface area (Å²) in [5.74, 6) is 0.445. The van der Waals surface area contributed by atoms with Crippen LogP contribution in [0.2, 0.25) is 0 Å². The molecule has 0 rings (SSSR count). The van der Waals surface area contributed by atoms with E-state index >= 15 is 0 Å². The molecular weight excluding hydrogens is 226 g/mol. The average molecular weight is 251 g/mol. The molecule has 0 aliphatic rings. The molecule has 0 heterocycles. The summed E-state index contributed by atoms with van der Waals surface area (Å²) in [4.78, 5) is 0. The van der Waals surface area contributed by atoms with Crippen LogP contribution in [0.25, 0.3) is 0 Å². The van der Waals surface area contributed by atoms with E-state index in [1.165, 1.54) is 0 Å². The molecule has 5 nitrogen and oxygen atoms in total. The van der Waals surface area contributed by atoms with Crippen LogP contribution in [0.3, 0.4) is 0 Å². The van der Waals surface area contributed by atoms with Crippen molar-refractivity contribution >= 4 is 10.2 Å². The molecule has 0 aliphatic carbocycles. The van der Waals surface area contributed by atoms with Gasteiger partial charge in [0.05, 0.1) is 0 Å². The van der Waals surface area contributed by atoms with Gasteiger partial charge in [0.1, 0.15) is 0 Å². The second-order valence-corrected chi connectivity index (χ2v) is 6.73. The molecule has 1 atom stereocenters. The fourth-order valence-corrected chi connectivity index (χ4v) is 2.51. The lowest BCUT2D eigenvalue weighted by atomic mass is 10.1. The van der Waals surface area contributed by atoms with Gasteiger partial charge in [-0.15, -0.1) is 0 Å². The largest absolute Gasteiger partial charge is 0.330 e. The van der Waals surface area contributed by atoms with Gasteiger partial charge in [-0.25, -0.2) is 4.72 Å². The van der Waals surface area contributed by atoms with Gasteiger partial charge in [-0.3, -0.25) is 0 Å². The molecular formula is C10H25N3O2S. The van der Waals surface area contributed by atoms with Crippen molar-refractivity contribution in [3.8, 4) is 0 Å². The van der Waals surface area contributed by atoms with E-state index in [1.54, 1.807) is 0 Å². The zero-order valence-corrected chi connectivity index (χ0v) is 11.5. The van der Waals surface area contributed by atoms with E-state index in [4.69, 9.17) is 5.73 Å².